The SMILES string of the molecule is Cc1cscc1NC(=O)N1CCN(C)[C@@H](c2ncc[nH]2)C1. The van der Waals surface area contributed by atoms with E-state index < -0.39 is 0 Å². The molecule has 0 spiro atoms. The molecule has 7 heteroatoms. The fraction of sp³-hybridized carbons (Fsp3) is 0.429. The number of aryl methyl sites for hydroxylation is 1. The maximum atomic E-state index is 12.4. The van der Waals surface area contributed by atoms with Crippen LogP contribution in [0.3, 0.4) is 0 Å². The van der Waals surface area contributed by atoms with E-state index in [4.69, 9.17) is 0 Å². The molecule has 1 aliphatic rings. The van der Waals surface area contributed by atoms with Crippen LogP contribution >= 0.6 is 11.3 Å². The van der Waals surface area contributed by atoms with Gasteiger partial charge in [-0.3, -0.25) is 4.90 Å². The van der Waals surface area contributed by atoms with Crippen LogP contribution in [0.2, 0.25) is 0 Å². The second kappa shape index (κ2) is 5.87. The molecule has 6 nitrogen and oxygen atoms in total. The van der Waals surface area contributed by atoms with Gasteiger partial charge in [0.15, 0.2) is 0 Å². The number of hydrogen-bond acceptors (Lipinski definition) is 4. The van der Waals surface area contributed by atoms with Crippen LogP contribution in [0.1, 0.15) is 17.4 Å². The topological polar surface area (TPSA) is 64.3 Å². The van der Waals surface area contributed by atoms with E-state index in [1.54, 1.807) is 17.5 Å². The maximum Gasteiger partial charge on any atom is 0.321 e. The van der Waals surface area contributed by atoms with E-state index in [0.717, 1.165) is 30.2 Å². The number of aromatic amines is 1. The molecule has 0 aliphatic carbocycles. The third-order valence-corrected chi connectivity index (χ3v) is 4.73. The zero-order chi connectivity index (χ0) is 14.8. The van der Waals surface area contributed by atoms with Crippen LogP contribution in [0, 0.1) is 6.92 Å². The van der Waals surface area contributed by atoms with Gasteiger partial charge < -0.3 is 15.2 Å². The fourth-order valence-electron chi connectivity index (χ4n) is 2.50. The van der Waals surface area contributed by atoms with Crippen molar-refractivity contribution in [2.45, 2.75) is 13.0 Å². The average molecular weight is 305 g/mol. The molecular formula is C14H19N5OS. The van der Waals surface area contributed by atoms with Gasteiger partial charge in [0, 0.05) is 37.4 Å². The van der Waals surface area contributed by atoms with E-state index in [2.05, 4.69) is 27.2 Å². The van der Waals surface area contributed by atoms with Gasteiger partial charge in [-0.25, -0.2) is 9.78 Å². The highest BCUT2D eigenvalue weighted by Crippen LogP contribution is 2.23. The zero-order valence-corrected chi connectivity index (χ0v) is 13.0. The lowest BCUT2D eigenvalue weighted by atomic mass is 10.1. The minimum absolute atomic E-state index is 0.0406. The number of H-pyrrole nitrogens is 1. The van der Waals surface area contributed by atoms with Gasteiger partial charge in [-0.1, -0.05) is 0 Å². The average Bonchev–Trinajstić information content (AvgIpc) is 3.12. The number of nitrogens with one attached hydrogen (secondary N) is 2. The van der Waals surface area contributed by atoms with Gasteiger partial charge in [0.1, 0.15) is 5.82 Å². The minimum Gasteiger partial charge on any atom is -0.347 e. The molecule has 1 saturated heterocycles. The standard InChI is InChI=1S/C14H19N5OS/c1-10-8-21-9-11(10)17-14(20)19-6-5-18(2)12(7-19)13-15-3-4-16-13/h3-4,8-9,12H,5-7H2,1-2H3,(H,15,16)(H,17,20)/t12-/m1/s1. The summed E-state index contributed by atoms with van der Waals surface area (Å²) in [5.41, 5.74) is 2.00. The first-order valence-electron chi connectivity index (χ1n) is 6.93. The van der Waals surface area contributed by atoms with Crippen LogP contribution < -0.4 is 5.32 Å². The van der Waals surface area contributed by atoms with Crippen molar-refractivity contribution in [3.8, 4) is 0 Å². The number of piperazine rings is 1. The quantitative estimate of drug-likeness (QED) is 0.895. The van der Waals surface area contributed by atoms with Crippen LogP contribution in [0.15, 0.2) is 23.2 Å². The maximum absolute atomic E-state index is 12.4. The molecule has 0 radical (unpaired) electrons. The van der Waals surface area contributed by atoms with Gasteiger partial charge in [-0.05, 0) is 24.9 Å². The van der Waals surface area contributed by atoms with E-state index in [0.29, 0.717) is 6.54 Å². The molecule has 0 bridgehead atoms. The highest BCUT2D eigenvalue weighted by Gasteiger charge is 2.30. The van der Waals surface area contributed by atoms with Gasteiger partial charge in [0.2, 0.25) is 0 Å². The van der Waals surface area contributed by atoms with Gasteiger partial charge in [0.05, 0.1) is 11.7 Å². The third-order valence-electron chi connectivity index (χ3n) is 3.87. The highest BCUT2D eigenvalue weighted by atomic mass is 32.1. The molecule has 21 heavy (non-hydrogen) atoms. The Hall–Kier alpha value is -1.86. The number of thiophene rings is 1. The first-order chi connectivity index (χ1) is 10.1. The minimum atomic E-state index is -0.0406. The van der Waals surface area contributed by atoms with Crippen molar-refractivity contribution < 1.29 is 4.79 Å². The van der Waals surface area contributed by atoms with Crippen molar-refractivity contribution in [2.24, 2.45) is 0 Å². The van der Waals surface area contributed by atoms with Gasteiger partial charge in [0.25, 0.3) is 0 Å². The predicted molar refractivity (Wildman–Crippen MR) is 83.6 cm³/mol. The molecule has 2 N–H and O–H groups in total. The normalized spacial score (nSPS) is 19.7. The lowest BCUT2D eigenvalue weighted by molar-refractivity contribution is 0.112. The molecule has 0 unspecified atom stereocenters. The van der Waals surface area contributed by atoms with E-state index in [1.165, 1.54) is 0 Å². The number of hydrogen-bond donors (Lipinski definition) is 2. The Morgan fingerprint density at radius 3 is 3.00 bits per heavy atom. The van der Waals surface area contributed by atoms with Crippen LogP contribution in [0.4, 0.5) is 10.5 Å². The molecule has 2 amide bonds. The van der Waals surface area contributed by atoms with Crippen molar-refractivity contribution in [2.75, 3.05) is 32.0 Å². The van der Waals surface area contributed by atoms with E-state index in [9.17, 15) is 4.79 Å². The summed E-state index contributed by atoms with van der Waals surface area (Å²) in [6, 6.07) is 0.0734. The van der Waals surface area contributed by atoms with Gasteiger partial charge >= 0.3 is 6.03 Å². The first kappa shape index (κ1) is 14.1. The summed E-state index contributed by atoms with van der Waals surface area (Å²) in [5.74, 6) is 0.904. The molecule has 2 aromatic heterocycles. The fourth-order valence-corrected chi connectivity index (χ4v) is 3.28. The Morgan fingerprint density at radius 1 is 1.48 bits per heavy atom. The predicted octanol–water partition coefficient (Wildman–Crippen LogP) is 2.30. The van der Waals surface area contributed by atoms with Crippen molar-refractivity contribution in [1.29, 1.82) is 0 Å². The summed E-state index contributed by atoms with van der Waals surface area (Å²) in [6.45, 7) is 4.20. The lowest BCUT2D eigenvalue weighted by Crippen LogP contribution is -2.50. The Balaban J connectivity index is 1.68. The number of carbonyl (C=O) groups excluding carboxylic acids is 1. The Bertz CT molecular complexity index is 609. The number of imidazole rings is 1. The van der Waals surface area contributed by atoms with Crippen molar-refractivity contribution >= 4 is 23.1 Å². The summed E-state index contributed by atoms with van der Waals surface area (Å²) >= 11 is 1.60. The number of likely N-dealkylation sites (N-methyl/N-ethyl adjacent to an activating group) is 1. The lowest BCUT2D eigenvalue weighted by Gasteiger charge is -2.38. The van der Waals surface area contributed by atoms with E-state index >= 15 is 0 Å². The highest BCUT2D eigenvalue weighted by molar-refractivity contribution is 7.08. The molecule has 1 fully saturated rings. The number of amides is 2. The first-order valence-corrected chi connectivity index (χ1v) is 7.87. The molecule has 1 aliphatic heterocycles. The Labute approximate surface area is 127 Å². The van der Waals surface area contributed by atoms with Gasteiger partial charge in [-0.2, -0.15) is 0 Å². The number of aromatic nitrogens is 2. The summed E-state index contributed by atoms with van der Waals surface area (Å²) in [4.78, 5) is 23.9. The molecule has 112 valence electrons. The number of rotatable bonds is 2. The number of anilines is 1. The second-order valence-corrected chi connectivity index (χ2v) is 6.06. The van der Waals surface area contributed by atoms with Crippen LogP contribution in [0.25, 0.3) is 0 Å². The molecule has 0 saturated carbocycles. The number of urea groups is 1. The van der Waals surface area contributed by atoms with Crippen molar-refractivity contribution in [1.82, 2.24) is 19.8 Å². The smallest absolute Gasteiger partial charge is 0.321 e. The zero-order valence-electron chi connectivity index (χ0n) is 12.2. The summed E-state index contributed by atoms with van der Waals surface area (Å²) < 4.78 is 0. The Morgan fingerprint density at radius 2 is 2.33 bits per heavy atom. The molecule has 0 aromatic carbocycles. The summed E-state index contributed by atoms with van der Waals surface area (Å²) in [5, 5.41) is 6.99. The van der Waals surface area contributed by atoms with E-state index in [-0.39, 0.29) is 12.1 Å². The summed E-state index contributed by atoms with van der Waals surface area (Å²) in [6.07, 6.45) is 3.56. The molecule has 3 heterocycles. The van der Waals surface area contributed by atoms with Crippen LogP contribution in [-0.2, 0) is 0 Å². The number of carbonyl (C=O) groups is 1. The Kier molecular flexibility index (Phi) is 3.94. The molecular weight excluding hydrogens is 286 g/mol. The molecule has 2 aromatic rings. The van der Waals surface area contributed by atoms with Gasteiger partial charge in [-0.15, -0.1) is 11.3 Å². The third kappa shape index (κ3) is 2.93. The van der Waals surface area contributed by atoms with E-state index in [1.807, 2.05) is 28.8 Å². The largest absolute Gasteiger partial charge is 0.347 e. The van der Waals surface area contributed by atoms with Crippen molar-refractivity contribution in [3.63, 3.8) is 0 Å². The molecule has 3 rings (SSSR count). The number of nitrogens with zero attached hydrogens (tertiary/aromatic N) is 3. The monoisotopic (exact) mass is 305 g/mol. The second-order valence-electron chi connectivity index (χ2n) is 5.32. The molecule has 1 atom stereocenters. The summed E-state index contributed by atoms with van der Waals surface area (Å²) in [7, 11) is 2.06. The van der Waals surface area contributed by atoms with Crippen molar-refractivity contribution in [3.05, 3.63) is 34.5 Å². The van der Waals surface area contributed by atoms with Crippen LogP contribution in [-0.4, -0.2) is 52.5 Å². The van der Waals surface area contributed by atoms with Crippen LogP contribution in [0.5, 0.6) is 0 Å².